The summed E-state index contributed by atoms with van der Waals surface area (Å²) in [4.78, 5) is 20.0. The normalized spacial score (nSPS) is 19.6. The Labute approximate surface area is 168 Å². The van der Waals surface area contributed by atoms with E-state index in [1.807, 2.05) is 11.0 Å². The average Bonchev–Trinajstić information content (AvgIpc) is 2.95. The average molecular weight is 378 g/mol. The Bertz CT molecular complexity index is 835. The van der Waals surface area contributed by atoms with Gasteiger partial charge in [-0.05, 0) is 44.4 Å². The van der Waals surface area contributed by atoms with Crippen LogP contribution in [0.15, 0.2) is 48.5 Å². The fourth-order valence-corrected chi connectivity index (χ4v) is 4.54. The van der Waals surface area contributed by atoms with Crippen molar-refractivity contribution in [2.45, 2.75) is 39.3 Å². The molecule has 2 aliphatic heterocycles. The van der Waals surface area contributed by atoms with Crippen molar-refractivity contribution < 1.29 is 4.79 Å². The first-order valence-corrected chi connectivity index (χ1v) is 10.3. The van der Waals surface area contributed by atoms with Gasteiger partial charge in [0.2, 0.25) is 5.91 Å². The van der Waals surface area contributed by atoms with E-state index in [2.05, 4.69) is 73.0 Å². The molecule has 0 saturated carbocycles. The summed E-state index contributed by atoms with van der Waals surface area (Å²) in [7, 11) is 0. The predicted molar refractivity (Wildman–Crippen MR) is 115 cm³/mol. The summed E-state index contributed by atoms with van der Waals surface area (Å²) in [6, 6.07) is 17.1. The minimum absolute atomic E-state index is 0.145. The van der Waals surface area contributed by atoms with Gasteiger partial charge in [0, 0.05) is 44.0 Å². The van der Waals surface area contributed by atoms with Crippen LogP contribution in [0.1, 0.15) is 30.5 Å². The molecule has 2 aliphatic rings. The van der Waals surface area contributed by atoms with Gasteiger partial charge in [-0.2, -0.15) is 0 Å². The Hall–Kier alpha value is -2.17. The Morgan fingerprint density at radius 2 is 1.57 bits per heavy atom. The van der Waals surface area contributed by atoms with Crippen LogP contribution < -0.4 is 4.90 Å². The molecule has 0 N–H and O–H groups in total. The molecule has 0 aromatic heterocycles. The third kappa shape index (κ3) is 3.98. The number of anilines is 1. The molecule has 4 heteroatoms. The van der Waals surface area contributed by atoms with Crippen LogP contribution in [0.25, 0.3) is 0 Å². The number of aryl methyl sites for hydroxylation is 1. The molecule has 2 heterocycles. The Kier molecular flexibility index (Phi) is 5.26. The van der Waals surface area contributed by atoms with E-state index in [0.29, 0.717) is 6.54 Å². The van der Waals surface area contributed by atoms with E-state index in [4.69, 9.17) is 0 Å². The summed E-state index contributed by atoms with van der Waals surface area (Å²) >= 11 is 0. The predicted octanol–water partition coefficient (Wildman–Crippen LogP) is 3.48. The van der Waals surface area contributed by atoms with E-state index in [1.54, 1.807) is 0 Å². The van der Waals surface area contributed by atoms with Gasteiger partial charge in [-0.1, -0.05) is 48.0 Å². The Morgan fingerprint density at radius 1 is 0.929 bits per heavy atom. The van der Waals surface area contributed by atoms with Crippen molar-refractivity contribution in [1.29, 1.82) is 0 Å². The summed E-state index contributed by atoms with van der Waals surface area (Å²) in [5, 5.41) is 0. The molecule has 0 aliphatic carbocycles. The number of benzene rings is 2. The van der Waals surface area contributed by atoms with Crippen LogP contribution in [-0.4, -0.2) is 54.0 Å². The zero-order valence-electron chi connectivity index (χ0n) is 17.3. The lowest BCUT2D eigenvalue weighted by atomic mass is 9.99. The van der Waals surface area contributed by atoms with E-state index >= 15 is 0 Å². The molecule has 1 saturated heterocycles. The molecule has 0 bridgehead atoms. The highest BCUT2D eigenvalue weighted by Gasteiger charge is 2.40. The van der Waals surface area contributed by atoms with Gasteiger partial charge in [-0.15, -0.1) is 0 Å². The van der Waals surface area contributed by atoms with Crippen LogP contribution in [0.4, 0.5) is 5.69 Å². The van der Waals surface area contributed by atoms with Crippen LogP contribution in [0.3, 0.4) is 0 Å². The van der Waals surface area contributed by atoms with Crippen molar-refractivity contribution >= 4 is 11.6 Å². The maximum absolute atomic E-state index is 13.2. The molecule has 0 radical (unpaired) electrons. The zero-order chi connectivity index (χ0) is 19.7. The number of amides is 1. The quantitative estimate of drug-likeness (QED) is 0.816. The molecule has 4 nitrogen and oxygen atoms in total. The molecule has 0 spiro atoms. The van der Waals surface area contributed by atoms with Crippen LogP contribution in [0.5, 0.6) is 0 Å². The van der Waals surface area contributed by atoms with E-state index in [1.165, 1.54) is 16.7 Å². The highest BCUT2D eigenvalue weighted by Crippen LogP contribution is 2.38. The number of hydrogen-bond donors (Lipinski definition) is 0. The lowest BCUT2D eigenvalue weighted by molar-refractivity contribution is -0.121. The van der Waals surface area contributed by atoms with E-state index in [9.17, 15) is 4.79 Å². The van der Waals surface area contributed by atoms with Crippen LogP contribution in [-0.2, 0) is 17.8 Å². The maximum atomic E-state index is 13.2. The van der Waals surface area contributed by atoms with Gasteiger partial charge in [0.25, 0.3) is 0 Å². The third-order valence-corrected chi connectivity index (χ3v) is 6.06. The molecule has 2 aromatic rings. The van der Waals surface area contributed by atoms with Crippen molar-refractivity contribution in [3.05, 3.63) is 65.2 Å². The molecule has 0 atom stereocenters. The molecule has 28 heavy (non-hydrogen) atoms. The first-order valence-electron chi connectivity index (χ1n) is 10.3. The number of rotatable bonds is 4. The minimum atomic E-state index is -0.145. The summed E-state index contributed by atoms with van der Waals surface area (Å²) in [5.74, 6) is 0.224. The Balaban J connectivity index is 1.33. The third-order valence-electron chi connectivity index (χ3n) is 6.06. The fourth-order valence-electron chi connectivity index (χ4n) is 4.54. The second-order valence-electron chi connectivity index (χ2n) is 8.88. The first-order chi connectivity index (χ1) is 13.4. The van der Waals surface area contributed by atoms with Crippen molar-refractivity contribution in [3.8, 4) is 0 Å². The molecule has 1 fully saturated rings. The summed E-state index contributed by atoms with van der Waals surface area (Å²) in [5.41, 5.74) is 4.90. The van der Waals surface area contributed by atoms with Crippen LogP contribution in [0.2, 0.25) is 0 Å². The van der Waals surface area contributed by atoms with Crippen LogP contribution in [0, 0.1) is 6.92 Å². The molecule has 0 unspecified atom stereocenters. The molecule has 2 aromatic carbocycles. The highest BCUT2D eigenvalue weighted by molar-refractivity contribution is 5.98. The van der Waals surface area contributed by atoms with E-state index in [-0.39, 0.29) is 11.4 Å². The SMILES string of the molecule is Cc1ccc(CN2CCN(CC(=O)N3c4ccccc4CC3(C)C)CC2)cc1. The number of carbonyl (C=O) groups excluding carboxylic acids is 1. The van der Waals surface area contributed by atoms with Gasteiger partial charge >= 0.3 is 0 Å². The number of fused-ring (bicyclic) bond motifs is 1. The number of nitrogens with zero attached hydrogens (tertiary/aromatic N) is 3. The van der Waals surface area contributed by atoms with Crippen molar-refractivity contribution in [1.82, 2.24) is 9.80 Å². The number of hydrogen-bond acceptors (Lipinski definition) is 3. The maximum Gasteiger partial charge on any atom is 0.241 e. The topological polar surface area (TPSA) is 26.8 Å². The van der Waals surface area contributed by atoms with Gasteiger partial charge in [-0.25, -0.2) is 0 Å². The van der Waals surface area contributed by atoms with E-state index < -0.39 is 0 Å². The lowest BCUT2D eigenvalue weighted by Crippen LogP contribution is -2.53. The minimum Gasteiger partial charge on any atom is -0.305 e. The fraction of sp³-hybridized carbons (Fsp3) is 0.458. The van der Waals surface area contributed by atoms with Gasteiger partial charge in [0.1, 0.15) is 0 Å². The van der Waals surface area contributed by atoms with Crippen LogP contribution >= 0.6 is 0 Å². The van der Waals surface area contributed by atoms with Gasteiger partial charge in [0.05, 0.1) is 6.54 Å². The smallest absolute Gasteiger partial charge is 0.241 e. The monoisotopic (exact) mass is 377 g/mol. The van der Waals surface area contributed by atoms with Gasteiger partial charge < -0.3 is 4.90 Å². The zero-order valence-corrected chi connectivity index (χ0v) is 17.3. The first kappa shape index (κ1) is 19.2. The summed E-state index contributed by atoms with van der Waals surface area (Å²) < 4.78 is 0. The summed E-state index contributed by atoms with van der Waals surface area (Å²) in [6.45, 7) is 11.9. The summed E-state index contributed by atoms with van der Waals surface area (Å²) in [6.07, 6.45) is 0.930. The van der Waals surface area contributed by atoms with Crippen molar-refractivity contribution in [2.75, 3.05) is 37.6 Å². The van der Waals surface area contributed by atoms with Crippen molar-refractivity contribution in [3.63, 3.8) is 0 Å². The second-order valence-corrected chi connectivity index (χ2v) is 8.88. The Morgan fingerprint density at radius 3 is 2.29 bits per heavy atom. The number of para-hydroxylation sites is 1. The molecular weight excluding hydrogens is 346 g/mol. The highest BCUT2D eigenvalue weighted by atomic mass is 16.2. The number of piperazine rings is 1. The second kappa shape index (κ2) is 7.69. The largest absolute Gasteiger partial charge is 0.305 e. The number of carbonyl (C=O) groups is 1. The standard InChI is InChI=1S/C24H31N3O/c1-19-8-10-20(11-9-19)17-25-12-14-26(15-13-25)18-23(28)27-22-7-5-4-6-21(22)16-24(27,2)3/h4-11H,12-18H2,1-3H3. The van der Waals surface area contributed by atoms with Gasteiger partial charge in [-0.3, -0.25) is 14.6 Å². The molecule has 148 valence electrons. The van der Waals surface area contributed by atoms with Gasteiger partial charge in [0.15, 0.2) is 0 Å². The van der Waals surface area contributed by atoms with E-state index in [0.717, 1.165) is 44.8 Å². The molecule has 4 rings (SSSR count). The molecule has 1 amide bonds. The van der Waals surface area contributed by atoms with Crippen molar-refractivity contribution in [2.24, 2.45) is 0 Å². The molecular formula is C24H31N3O. The lowest BCUT2D eigenvalue weighted by Gasteiger charge is -2.37.